The molecule has 2 aliphatic heterocycles. The van der Waals surface area contributed by atoms with Crippen LogP contribution in [-0.2, 0) is 4.79 Å². The van der Waals surface area contributed by atoms with Crippen molar-refractivity contribution in [3.63, 3.8) is 0 Å². The standard InChI is InChI=1S/C23H30F2N4O2/c1-14-5-4-6-15(2)22(14)31-13-21(30)28-9-7-17(8-10-28)18-12-19(23(24)25)29-20(26-18)11-16(3)27-29/h4-6,11,17-19,23,26H,7-10,12-13H2,1-3H3/t18-,19+/m0/s1. The molecule has 2 aliphatic rings. The van der Waals surface area contributed by atoms with Gasteiger partial charge in [-0.1, -0.05) is 18.2 Å². The molecule has 3 heterocycles. The molecule has 0 spiro atoms. The van der Waals surface area contributed by atoms with Crippen LogP contribution in [0.5, 0.6) is 5.75 Å². The third-order valence-electron chi connectivity index (χ3n) is 6.50. The van der Waals surface area contributed by atoms with Crippen LogP contribution in [0.15, 0.2) is 24.3 Å². The first-order chi connectivity index (χ1) is 14.8. The van der Waals surface area contributed by atoms with Crippen LogP contribution in [-0.4, -0.2) is 52.8 Å². The summed E-state index contributed by atoms with van der Waals surface area (Å²) in [7, 11) is 0. The van der Waals surface area contributed by atoms with Gasteiger partial charge in [0.25, 0.3) is 12.3 Å². The van der Waals surface area contributed by atoms with Crippen LogP contribution in [0.2, 0.25) is 0 Å². The number of nitrogens with zero attached hydrogens (tertiary/aromatic N) is 3. The number of aryl methyl sites for hydroxylation is 3. The third kappa shape index (κ3) is 4.52. The lowest BCUT2D eigenvalue weighted by Crippen LogP contribution is -2.47. The quantitative estimate of drug-likeness (QED) is 0.772. The molecule has 31 heavy (non-hydrogen) atoms. The highest BCUT2D eigenvalue weighted by Gasteiger charge is 2.38. The van der Waals surface area contributed by atoms with Gasteiger partial charge in [0, 0.05) is 25.2 Å². The van der Waals surface area contributed by atoms with E-state index in [9.17, 15) is 13.6 Å². The molecular weight excluding hydrogens is 402 g/mol. The van der Waals surface area contributed by atoms with Crippen LogP contribution in [0, 0.1) is 26.7 Å². The van der Waals surface area contributed by atoms with E-state index in [0.29, 0.717) is 25.3 Å². The van der Waals surface area contributed by atoms with Gasteiger partial charge in [-0.05, 0) is 57.1 Å². The number of likely N-dealkylation sites (tertiary alicyclic amines) is 1. The zero-order chi connectivity index (χ0) is 22.1. The number of benzene rings is 1. The topological polar surface area (TPSA) is 59.4 Å². The molecule has 1 saturated heterocycles. The SMILES string of the molecule is Cc1cc2n(n1)[C@@H](C(F)F)C[C@@H](C1CCN(C(=O)COc3c(C)cccc3C)CC1)N2. The number of carbonyl (C=O) groups excluding carboxylic acids is 1. The number of aromatic nitrogens is 2. The fourth-order valence-electron chi connectivity index (χ4n) is 4.81. The average Bonchev–Trinajstić information content (AvgIpc) is 3.12. The minimum atomic E-state index is -2.45. The molecule has 0 unspecified atom stereocenters. The van der Waals surface area contributed by atoms with E-state index in [2.05, 4.69) is 10.4 Å². The van der Waals surface area contributed by atoms with Crippen LogP contribution >= 0.6 is 0 Å². The number of amides is 1. The fraction of sp³-hybridized carbons (Fsp3) is 0.565. The lowest BCUT2D eigenvalue weighted by molar-refractivity contribution is -0.134. The first-order valence-electron chi connectivity index (χ1n) is 10.9. The zero-order valence-electron chi connectivity index (χ0n) is 18.3. The monoisotopic (exact) mass is 432 g/mol. The van der Waals surface area contributed by atoms with E-state index < -0.39 is 12.5 Å². The molecule has 168 valence electrons. The highest BCUT2D eigenvalue weighted by atomic mass is 19.3. The van der Waals surface area contributed by atoms with E-state index in [-0.39, 0.29) is 24.5 Å². The predicted octanol–water partition coefficient (Wildman–Crippen LogP) is 4.12. The highest BCUT2D eigenvalue weighted by molar-refractivity contribution is 5.78. The van der Waals surface area contributed by atoms with E-state index >= 15 is 0 Å². The lowest BCUT2D eigenvalue weighted by atomic mass is 9.85. The van der Waals surface area contributed by atoms with Crippen molar-refractivity contribution in [3.8, 4) is 5.75 Å². The van der Waals surface area contributed by atoms with Crippen LogP contribution in [0.25, 0.3) is 0 Å². The second-order valence-electron chi connectivity index (χ2n) is 8.73. The van der Waals surface area contributed by atoms with Crippen molar-refractivity contribution in [1.82, 2.24) is 14.7 Å². The molecule has 0 radical (unpaired) electrons. The minimum absolute atomic E-state index is 0.0178. The summed E-state index contributed by atoms with van der Waals surface area (Å²) >= 11 is 0. The summed E-state index contributed by atoms with van der Waals surface area (Å²) in [6.07, 6.45) is -0.530. The first-order valence-corrected chi connectivity index (χ1v) is 10.9. The van der Waals surface area contributed by atoms with E-state index in [0.717, 1.165) is 35.4 Å². The number of carbonyl (C=O) groups is 1. The maximum Gasteiger partial charge on any atom is 0.260 e. The van der Waals surface area contributed by atoms with Gasteiger partial charge < -0.3 is 15.0 Å². The van der Waals surface area contributed by atoms with Crippen molar-refractivity contribution in [2.45, 2.75) is 58.5 Å². The number of piperidine rings is 1. The van der Waals surface area contributed by atoms with Gasteiger partial charge in [0.05, 0.1) is 5.69 Å². The molecule has 2 atom stereocenters. The number of rotatable bonds is 5. The Morgan fingerprint density at radius 2 is 1.90 bits per heavy atom. The van der Waals surface area contributed by atoms with Crippen molar-refractivity contribution in [2.24, 2.45) is 5.92 Å². The van der Waals surface area contributed by atoms with E-state index in [4.69, 9.17) is 4.74 Å². The van der Waals surface area contributed by atoms with Gasteiger partial charge in [0.15, 0.2) is 6.61 Å². The number of fused-ring (bicyclic) bond motifs is 1. The number of hydrogen-bond acceptors (Lipinski definition) is 4. The van der Waals surface area contributed by atoms with Crippen molar-refractivity contribution in [3.05, 3.63) is 41.1 Å². The van der Waals surface area contributed by atoms with Crippen molar-refractivity contribution in [2.75, 3.05) is 25.0 Å². The molecule has 1 fully saturated rings. The second-order valence-corrected chi connectivity index (χ2v) is 8.73. The number of nitrogens with one attached hydrogen (secondary N) is 1. The Balaban J connectivity index is 1.33. The van der Waals surface area contributed by atoms with E-state index in [1.807, 2.05) is 49.9 Å². The Bertz CT molecular complexity index is 917. The number of hydrogen-bond donors (Lipinski definition) is 1. The van der Waals surface area contributed by atoms with Gasteiger partial charge in [0.2, 0.25) is 0 Å². The average molecular weight is 433 g/mol. The first kappa shape index (κ1) is 21.6. The predicted molar refractivity (Wildman–Crippen MR) is 115 cm³/mol. The number of ether oxygens (including phenoxy) is 1. The largest absolute Gasteiger partial charge is 0.483 e. The third-order valence-corrected chi connectivity index (χ3v) is 6.50. The number of para-hydroxylation sites is 1. The van der Waals surface area contributed by atoms with Gasteiger partial charge in [0.1, 0.15) is 17.6 Å². The summed E-state index contributed by atoms with van der Waals surface area (Å²) in [5.74, 6) is 1.65. The van der Waals surface area contributed by atoms with E-state index in [1.165, 1.54) is 4.68 Å². The van der Waals surface area contributed by atoms with Gasteiger partial charge in [-0.15, -0.1) is 0 Å². The molecule has 0 bridgehead atoms. The zero-order valence-corrected chi connectivity index (χ0v) is 18.3. The summed E-state index contributed by atoms with van der Waals surface area (Å²) in [4.78, 5) is 14.5. The highest BCUT2D eigenvalue weighted by Crippen LogP contribution is 2.37. The Kier molecular flexibility index (Phi) is 6.16. The molecule has 4 rings (SSSR count). The molecule has 0 saturated carbocycles. The van der Waals surface area contributed by atoms with Gasteiger partial charge in [-0.3, -0.25) is 4.79 Å². The smallest absolute Gasteiger partial charge is 0.260 e. The maximum atomic E-state index is 13.6. The fourth-order valence-corrected chi connectivity index (χ4v) is 4.81. The summed E-state index contributed by atoms with van der Waals surface area (Å²) in [6, 6.07) is 6.79. The molecule has 1 amide bonds. The molecule has 0 aliphatic carbocycles. The molecule has 1 N–H and O–H groups in total. The van der Waals surface area contributed by atoms with E-state index in [1.54, 1.807) is 0 Å². The Morgan fingerprint density at radius 1 is 1.23 bits per heavy atom. The Labute approximate surface area is 181 Å². The Morgan fingerprint density at radius 3 is 2.55 bits per heavy atom. The summed E-state index contributed by atoms with van der Waals surface area (Å²) in [6.45, 7) is 7.01. The minimum Gasteiger partial charge on any atom is -0.483 e. The molecule has 8 heteroatoms. The molecule has 6 nitrogen and oxygen atoms in total. The van der Waals surface area contributed by atoms with Gasteiger partial charge in [-0.2, -0.15) is 5.10 Å². The van der Waals surface area contributed by atoms with Crippen molar-refractivity contribution in [1.29, 1.82) is 0 Å². The lowest BCUT2D eigenvalue weighted by Gasteiger charge is -2.40. The van der Waals surface area contributed by atoms with Crippen LogP contribution < -0.4 is 10.1 Å². The molecule has 1 aromatic carbocycles. The van der Waals surface area contributed by atoms with Gasteiger partial charge >= 0.3 is 0 Å². The summed E-state index contributed by atoms with van der Waals surface area (Å²) < 4.78 is 34.5. The molecule has 2 aromatic rings. The number of alkyl halides is 2. The van der Waals surface area contributed by atoms with Crippen LogP contribution in [0.1, 0.15) is 42.1 Å². The summed E-state index contributed by atoms with van der Waals surface area (Å²) in [5.41, 5.74) is 2.76. The van der Waals surface area contributed by atoms with Gasteiger partial charge in [-0.25, -0.2) is 13.5 Å². The second kappa shape index (κ2) is 8.85. The van der Waals surface area contributed by atoms with Crippen molar-refractivity contribution >= 4 is 11.7 Å². The maximum absolute atomic E-state index is 13.6. The molecule has 1 aromatic heterocycles. The number of halogens is 2. The Hall–Kier alpha value is -2.64. The molecular formula is C23H30F2N4O2. The number of anilines is 1. The normalized spacial score (nSPS) is 21.7. The summed E-state index contributed by atoms with van der Waals surface area (Å²) in [5, 5.41) is 7.65. The van der Waals surface area contributed by atoms with Crippen molar-refractivity contribution < 1.29 is 18.3 Å². The van der Waals surface area contributed by atoms with Crippen LogP contribution in [0.3, 0.4) is 0 Å². The van der Waals surface area contributed by atoms with Crippen LogP contribution in [0.4, 0.5) is 14.6 Å².